The molecular formula is C31H40N8O7. The molecule has 1 aromatic heterocycles. The lowest BCUT2D eigenvalue weighted by Crippen LogP contribution is -2.58. The number of hydrogen-bond acceptors (Lipinski definition) is 7. The fraction of sp³-hybridized carbons (Fsp3) is 0.355. The summed E-state index contributed by atoms with van der Waals surface area (Å²) in [5.74, 6) is -4.75. The maximum Gasteiger partial charge on any atom is 0.326 e. The number of carboxylic acid groups (broad SMARTS) is 2. The van der Waals surface area contributed by atoms with Gasteiger partial charge in [0.2, 0.25) is 17.7 Å². The first-order valence-electron chi connectivity index (χ1n) is 14.7. The molecule has 12 N–H and O–H groups in total. The Kier molecular flexibility index (Phi) is 13.1. The van der Waals surface area contributed by atoms with E-state index in [0.29, 0.717) is 11.1 Å². The summed E-state index contributed by atoms with van der Waals surface area (Å²) in [5, 5.41) is 27.3. The average Bonchev–Trinajstić information content (AvgIpc) is 3.43. The van der Waals surface area contributed by atoms with E-state index in [4.69, 9.17) is 22.3 Å². The number of H-pyrrole nitrogens is 1. The molecule has 0 saturated carbocycles. The highest BCUT2D eigenvalue weighted by Gasteiger charge is 2.31. The van der Waals surface area contributed by atoms with Crippen LogP contribution in [-0.2, 0) is 36.8 Å². The van der Waals surface area contributed by atoms with E-state index in [2.05, 4.69) is 25.9 Å². The van der Waals surface area contributed by atoms with E-state index in [1.54, 1.807) is 36.5 Å². The third kappa shape index (κ3) is 10.9. The van der Waals surface area contributed by atoms with Crippen LogP contribution in [0, 0.1) is 0 Å². The maximum atomic E-state index is 13.8. The number of para-hydroxylation sites is 1. The standard InChI is InChI=1S/C31H40N8O7/c32-21(12-13-26(40)41)27(42)38-25(16-19-17-36-22-10-5-4-9-20(19)22)29(44)39-24(15-18-7-2-1-3-8-18)28(43)37-23(30(45)46)11-6-14-35-31(33)34/h1-5,7-10,17,21,23-25,36H,6,11-16,32H2,(H,37,43)(H,38,42)(H,39,44)(H,40,41)(H,45,46)(H4,33,34,35). The molecule has 0 spiro atoms. The van der Waals surface area contributed by atoms with E-state index in [9.17, 15) is 29.1 Å². The van der Waals surface area contributed by atoms with E-state index < -0.39 is 53.8 Å². The van der Waals surface area contributed by atoms with E-state index >= 15 is 0 Å². The molecule has 3 amide bonds. The Bertz CT molecular complexity index is 1540. The number of carboxylic acids is 2. The molecule has 15 nitrogen and oxygen atoms in total. The van der Waals surface area contributed by atoms with Gasteiger partial charge in [0.05, 0.1) is 6.04 Å². The zero-order valence-corrected chi connectivity index (χ0v) is 25.1. The first-order chi connectivity index (χ1) is 21.9. The van der Waals surface area contributed by atoms with Gasteiger partial charge < -0.3 is 48.3 Å². The minimum absolute atomic E-state index is 0.00938. The molecule has 0 fully saturated rings. The molecule has 1 heterocycles. The molecule has 2 aromatic carbocycles. The van der Waals surface area contributed by atoms with Gasteiger partial charge in [-0.15, -0.1) is 0 Å². The van der Waals surface area contributed by atoms with Gasteiger partial charge in [0.1, 0.15) is 18.1 Å². The molecule has 4 unspecified atom stereocenters. The first kappa shape index (κ1) is 35.0. The van der Waals surface area contributed by atoms with E-state index in [-0.39, 0.29) is 51.0 Å². The topological polar surface area (TPSA) is 268 Å². The van der Waals surface area contributed by atoms with Gasteiger partial charge in [-0.2, -0.15) is 0 Å². The van der Waals surface area contributed by atoms with Crippen LogP contribution < -0.4 is 33.2 Å². The van der Waals surface area contributed by atoms with Gasteiger partial charge in [0, 0.05) is 42.9 Å². The number of guanidine groups is 1. The number of nitrogens with two attached hydrogens (primary N) is 3. The van der Waals surface area contributed by atoms with Crippen molar-refractivity contribution in [3.05, 3.63) is 71.9 Å². The number of nitrogens with zero attached hydrogens (tertiary/aromatic N) is 1. The predicted octanol–water partition coefficient (Wildman–Crippen LogP) is -0.262. The van der Waals surface area contributed by atoms with E-state index in [1.165, 1.54) is 0 Å². The summed E-state index contributed by atoms with van der Waals surface area (Å²) in [7, 11) is 0. The fourth-order valence-electron chi connectivity index (χ4n) is 4.78. The van der Waals surface area contributed by atoms with Gasteiger partial charge in [-0.05, 0) is 36.5 Å². The number of carbonyl (C=O) groups excluding carboxylic acids is 3. The summed E-state index contributed by atoms with van der Waals surface area (Å²) in [6.07, 6.45) is 1.53. The van der Waals surface area contributed by atoms with Crippen LogP contribution in [0.3, 0.4) is 0 Å². The summed E-state index contributed by atoms with van der Waals surface area (Å²) in [6.45, 7) is 0.163. The lowest BCUT2D eigenvalue weighted by Gasteiger charge is -2.25. The Morgan fingerprint density at radius 2 is 1.39 bits per heavy atom. The molecule has 0 aliphatic heterocycles. The highest BCUT2D eigenvalue weighted by atomic mass is 16.4. The van der Waals surface area contributed by atoms with Gasteiger partial charge in [-0.1, -0.05) is 48.5 Å². The highest BCUT2D eigenvalue weighted by molar-refractivity contribution is 5.95. The van der Waals surface area contributed by atoms with Crippen LogP contribution in [0.25, 0.3) is 10.9 Å². The molecule has 46 heavy (non-hydrogen) atoms. The molecule has 0 aliphatic rings. The number of benzene rings is 2. The Balaban J connectivity index is 1.85. The summed E-state index contributed by atoms with van der Waals surface area (Å²) in [4.78, 5) is 70.2. The summed E-state index contributed by atoms with van der Waals surface area (Å²) < 4.78 is 0. The number of fused-ring (bicyclic) bond motifs is 1. The van der Waals surface area contributed by atoms with Crippen molar-refractivity contribution in [3.8, 4) is 0 Å². The molecule has 0 radical (unpaired) electrons. The quantitative estimate of drug-likeness (QED) is 0.0501. The van der Waals surface area contributed by atoms with Gasteiger partial charge in [-0.3, -0.25) is 24.2 Å². The van der Waals surface area contributed by atoms with Crippen LogP contribution in [-0.4, -0.2) is 81.5 Å². The molecule has 3 aromatic rings. The Morgan fingerprint density at radius 3 is 2.04 bits per heavy atom. The van der Waals surface area contributed by atoms with Crippen LogP contribution in [0.1, 0.15) is 36.8 Å². The van der Waals surface area contributed by atoms with Crippen molar-refractivity contribution in [2.45, 2.75) is 62.7 Å². The van der Waals surface area contributed by atoms with Crippen molar-refractivity contribution in [1.29, 1.82) is 0 Å². The third-order valence-electron chi connectivity index (χ3n) is 7.21. The SMILES string of the molecule is NC(N)=NCCCC(NC(=O)C(Cc1ccccc1)NC(=O)C(Cc1c[nH]c2ccccc12)NC(=O)C(N)CCC(=O)O)C(=O)O. The van der Waals surface area contributed by atoms with Gasteiger partial charge >= 0.3 is 11.9 Å². The Labute approximate surface area is 265 Å². The molecule has 15 heteroatoms. The minimum Gasteiger partial charge on any atom is -0.481 e. The molecule has 3 rings (SSSR count). The number of amides is 3. The number of aromatic nitrogens is 1. The number of nitrogens with one attached hydrogen (secondary N) is 4. The zero-order chi connectivity index (χ0) is 33.6. The smallest absolute Gasteiger partial charge is 0.326 e. The lowest BCUT2D eigenvalue weighted by atomic mass is 10.0. The van der Waals surface area contributed by atoms with Crippen LogP contribution >= 0.6 is 0 Å². The molecule has 4 atom stereocenters. The number of carbonyl (C=O) groups is 5. The number of aromatic amines is 1. The summed E-state index contributed by atoms with van der Waals surface area (Å²) >= 11 is 0. The highest BCUT2D eigenvalue weighted by Crippen LogP contribution is 2.19. The lowest BCUT2D eigenvalue weighted by molar-refractivity contribution is -0.142. The van der Waals surface area contributed by atoms with E-state index in [1.807, 2.05) is 24.3 Å². The normalized spacial score (nSPS) is 13.5. The first-order valence-corrected chi connectivity index (χ1v) is 14.7. The second-order valence-corrected chi connectivity index (χ2v) is 10.8. The van der Waals surface area contributed by atoms with Crippen LogP contribution in [0.15, 0.2) is 65.8 Å². The van der Waals surface area contributed by atoms with Gasteiger partial charge in [0.25, 0.3) is 0 Å². The molecule has 0 bridgehead atoms. The maximum absolute atomic E-state index is 13.8. The fourth-order valence-corrected chi connectivity index (χ4v) is 4.78. The number of rotatable bonds is 18. The Morgan fingerprint density at radius 1 is 0.783 bits per heavy atom. The molecule has 0 saturated heterocycles. The average molecular weight is 637 g/mol. The molecule has 0 aliphatic carbocycles. The zero-order valence-electron chi connectivity index (χ0n) is 25.1. The van der Waals surface area contributed by atoms with Gasteiger partial charge in [0.15, 0.2) is 5.96 Å². The largest absolute Gasteiger partial charge is 0.481 e. The number of hydrogen-bond donors (Lipinski definition) is 9. The second-order valence-electron chi connectivity index (χ2n) is 10.8. The molecule has 246 valence electrons. The predicted molar refractivity (Wildman–Crippen MR) is 170 cm³/mol. The third-order valence-corrected chi connectivity index (χ3v) is 7.21. The van der Waals surface area contributed by atoms with Crippen LogP contribution in [0.5, 0.6) is 0 Å². The number of aliphatic carboxylic acids is 2. The molecular weight excluding hydrogens is 596 g/mol. The van der Waals surface area contributed by atoms with Crippen molar-refractivity contribution in [3.63, 3.8) is 0 Å². The van der Waals surface area contributed by atoms with Gasteiger partial charge in [-0.25, -0.2) is 4.79 Å². The number of aliphatic imine (C=N–C) groups is 1. The van der Waals surface area contributed by atoms with Crippen molar-refractivity contribution < 1.29 is 34.2 Å². The second kappa shape index (κ2) is 17.2. The van der Waals surface area contributed by atoms with Crippen LogP contribution in [0.4, 0.5) is 0 Å². The Hall–Kier alpha value is -5.44. The summed E-state index contributed by atoms with van der Waals surface area (Å²) in [5.41, 5.74) is 18.8. The van der Waals surface area contributed by atoms with E-state index in [0.717, 1.165) is 10.9 Å². The summed E-state index contributed by atoms with van der Waals surface area (Å²) in [6, 6.07) is 11.2. The minimum atomic E-state index is -1.29. The van der Waals surface area contributed by atoms with Crippen LogP contribution in [0.2, 0.25) is 0 Å². The van der Waals surface area contributed by atoms with Crippen molar-refractivity contribution >= 4 is 46.5 Å². The van der Waals surface area contributed by atoms with Crippen molar-refractivity contribution in [2.75, 3.05) is 6.54 Å². The monoisotopic (exact) mass is 636 g/mol. The van der Waals surface area contributed by atoms with Crippen molar-refractivity contribution in [2.24, 2.45) is 22.2 Å². The van der Waals surface area contributed by atoms with Crippen molar-refractivity contribution in [1.82, 2.24) is 20.9 Å².